The maximum absolute atomic E-state index is 11.8. The maximum atomic E-state index is 11.8. The van der Waals surface area contributed by atoms with E-state index in [4.69, 9.17) is 5.73 Å². The van der Waals surface area contributed by atoms with Crippen LogP contribution in [0.1, 0.15) is 12.8 Å². The van der Waals surface area contributed by atoms with Crippen LogP contribution >= 0.6 is 0 Å². The predicted molar refractivity (Wildman–Crippen MR) is 73.8 cm³/mol. The number of amides is 2. The molecule has 0 atom stereocenters. The Morgan fingerprint density at radius 3 is 2.79 bits per heavy atom. The number of urea groups is 1. The molecule has 0 bridgehead atoms. The lowest BCUT2D eigenvalue weighted by atomic mass is 10.3. The smallest absolute Gasteiger partial charge is 0.321 e. The summed E-state index contributed by atoms with van der Waals surface area (Å²) in [5, 5.41) is 2.73. The lowest BCUT2D eigenvalue weighted by Crippen LogP contribution is -2.32. The van der Waals surface area contributed by atoms with Gasteiger partial charge in [-0.15, -0.1) is 0 Å². The number of nitrogens with two attached hydrogens (primary N) is 1. The Balaban J connectivity index is 2.38. The number of methoxy groups -OCH3 is 1. The third-order valence-electron chi connectivity index (χ3n) is 2.59. The van der Waals surface area contributed by atoms with Gasteiger partial charge in [0.05, 0.1) is 7.11 Å². The minimum atomic E-state index is -0.273. The number of hydrogen-bond donors (Lipinski definition) is 2. The summed E-state index contributed by atoms with van der Waals surface area (Å²) in [6.45, 7) is 0.475. The summed E-state index contributed by atoms with van der Waals surface area (Å²) in [5.74, 6) is -0.273. The molecule has 0 radical (unpaired) electrons. The van der Waals surface area contributed by atoms with Crippen molar-refractivity contribution >= 4 is 23.4 Å². The van der Waals surface area contributed by atoms with Crippen molar-refractivity contribution in [2.24, 2.45) is 0 Å². The first-order chi connectivity index (χ1) is 9.02. The second-order valence-electron chi connectivity index (χ2n) is 4.16. The van der Waals surface area contributed by atoms with Gasteiger partial charge in [0, 0.05) is 31.4 Å². The monoisotopic (exact) mass is 265 g/mol. The molecule has 0 aromatic heterocycles. The second kappa shape index (κ2) is 7.25. The predicted octanol–water partition coefficient (Wildman–Crippen LogP) is 1.69. The summed E-state index contributed by atoms with van der Waals surface area (Å²) in [5.41, 5.74) is 6.86. The van der Waals surface area contributed by atoms with Crippen LogP contribution in [0.3, 0.4) is 0 Å². The average Bonchev–Trinajstić information content (AvgIpc) is 2.38. The van der Waals surface area contributed by atoms with E-state index in [2.05, 4.69) is 10.1 Å². The molecule has 19 heavy (non-hydrogen) atoms. The fourth-order valence-electron chi connectivity index (χ4n) is 1.50. The largest absolute Gasteiger partial charge is 0.469 e. The highest BCUT2D eigenvalue weighted by Gasteiger charge is 2.09. The first-order valence-corrected chi connectivity index (χ1v) is 5.97. The van der Waals surface area contributed by atoms with Crippen LogP contribution in [0.4, 0.5) is 16.2 Å². The van der Waals surface area contributed by atoms with Crippen molar-refractivity contribution < 1.29 is 14.3 Å². The van der Waals surface area contributed by atoms with Crippen molar-refractivity contribution in [1.29, 1.82) is 0 Å². The summed E-state index contributed by atoms with van der Waals surface area (Å²) in [4.78, 5) is 24.3. The molecule has 0 spiro atoms. The van der Waals surface area contributed by atoms with Crippen molar-refractivity contribution in [3.05, 3.63) is 24.3 Å². The van der Waals surface area contributed by atoms with E-state index in [1.165, 1.54) is 12.0 Å². The zero-order valence-electron chi connectivity index (χ0n) is 11.2. The maximum Gasteiger partial charge on any atom is 0.321 e. The van der Waals surface area contributed by atoms with Crippen LogP contribution in [0, 0.1) is 0 Å². The molecule has 1 rings (SSSR count). The zero-order valence-corrected chi connectivity index (χ0v) is 11.2. The Labute approximate surface area is 112 Å². The Morgan fingerprint density at radius 2 is 2.16 bits per heavy atom. The molecular weight excluding hydrogens is 246 g/mol. The topological polar surface area (TPSA) is 84.7 Å². The molecule has 1 aromatic rings. The van der Waals surface area contributed by atoms with Gasteiger partial charge in [-0.05, 0) is 24.6 Å². The fraction of sp³-hybridized carbons (Fsp3) is 0.385. The summed E-state index contributed by atoms with van der Waals surface area (Å²) in [7, 11) is 3.01. The van der Waals surface area contributed by atoms with Crippen molar-refractivity contribution in [2.75, 3.05) is 31.8 Å². The minimum absolute atomic E-state index is 0.240. The highest BCUT2D eigenvalue weighted by Crippen LogP contribution is 2.12. The summed E-state index contributed by atoms with van der Waals surface area (Å²) < 4.78 is 4.53. The lowest BCUT2D eigenvalue weighted by Gasteiger charge is -2.17. The molecule has 1 aromatic carbocycles. The van der Waals surface area contributed by atoms with Gasteiger partial charge < -0.3 is 20.7 Å². The molecule has 0 unspecified atom stereocenters. The van der Waals surface area contributed by atoms with Crippen molar-refractivity contribution in [3.8, 4) is 0 Å². The average molecular weight is 265 g/mol. The van der Waals surface area contributed by atoms with Crippen LogP contribution in [0.15, 0.2) is 24.3 Å². The van der Waals surface area contributed by atoms with Crippen LogP contribution in [0.5, 0.6) is 0 Å². The third-order valence-corrected chi connectivity index (χ3v) is 2.59. The first kappa shape index (κ1) is 14.8. The van der Waals surface area contributed by atoms with Gasteiger partial charge >= 0.3 is 12.0 Å². The molecule has 0 saturated carbocycles. The SMILES string of the molecule is COC(=O)CCCN(C)C(=O)Nc1cccc(N)c1. The number of carbonyl (C=O) groups is 2. The van der Waals surface area contributed by atoms with Crippen molar-refractivity contribution in [2.45, 2.75) is 12.8 Å². The molecule has 0 heterocycles. The van der Waals surface area contributed by atoms with Crippen LogP contribution in [-0.2, 0) is 9.53 Å². The molecule has 104 valence electrons. The van der Waals surface area contributed by atoms with Gasteiger partial charge in [0.25, 0.3) is 0 Å². The molecule has 0 saturated heterocycles. The lowest BCUT2D eigenvalue weighted by molar-refractivity contribution is -0.140. The highest BCUT2D eigenvalue weighted by molar-refractivity contribution is 5.89. The van der Waals surface area contributed by atoms with E-state index in [-0.39, 0.29) is 12.0 Å². The number of hydrogen-bond acceptors (Lipinski definition) is 4. The zero-order chi connectivity index (χ0) is 14.3. The number of benzene rings is 1. The van der Waals surface area contributed by atoms with Crippen molar-refractivity contribution in [3.63, 3.8) is 0 Å². The Morgan fingerprint density at radius 1 is 1.42 bits per heavy atom. The summed E-state index contributed by atoms with van der Waals surface area (Å²) in [6, 6.07) is 6.71. The summed E-state index contributed by atoms with van der Waals surface area (Å²) >= 11 is 0. The van der Waals surface area contributed by atoms with E-state index in [9.17, 15) is 9.59 Å². The molecule has 2 amide bonds. The quantitative estimate of drug-likeness (QED) is 0.626. The molecular formula is C13H19N3O3. The molecule has 3 N–H and O–H groups in total. The number of esters is 1. The van der Waals surface area contributed by atoms with E-state index in [1.807, 2.05) is 0 Å². The molecule has 6 heteroatoms. The van der Waals surface area contributed by atoms with Gasteiger partial charge in [0.15, 0.2) is 0 Å². The van der Waals surface area contributed by atoms with Crippen LogP contribution in [0.25, 0.3) is 0 Å². The minimum Gasteiger partial charge on any atom is -0.469 e. The van der Waals surface area contributed by atoms with E-state index >= 15 is 0 Å². The number of anilines is 2. The van der Waals surface area contributed by atoms with Gasteiger partial charge in [-0.1, -0.05) is 6.07 Å². The van der Waals surface area contributed by atoms with Gasteiger partial charge in [0.2, 0.25) is 0 Å². The fourth-order valence-corrected chi connectivity index (χ4v) is 1.50. The van der Waals surface area contributed by atoms with Gasteiger partial charge in [0.1, 0.15) is 0 Å². The van der Waals surface area contributed by atoms with E-state index < -0.39 is 0 Å². The number of rotatable bonds is 5. The highest BCUT2D eigenvalue weighted by atomic mass is 16.5. The Kier molecular flexibility index (Phi) is 5.66. The van der Waals surface area contributed by atoms with Gasteiger partial charge in [-0.2, -0.15) is 0 Å². The normalized spacial score (nSPS) is 9.79. The second-order valence-corrected chi connectivity index (χ2v) is 4.16. The number of ether oxygens (including phenoxy) is 1. The van der Waals surface area contributed by atoms with Crippen LogP contribution in [-0.4, -0.2) is 37.6 Å². The molecule has 6 nitrogen and oxygen atoms in total. The number of carbonyl (C=O) groups excluding carboxylic acids is 2. The van der Waals surface area contributed by atoms with Crippen molar-refractivity contribution in [1.82, 2.24) is 4.90 Å². The first-order valence-electron chi connectivity index (χ1n) is 5.97. The molecule has 0 aliphatic heterocycles. The van der Waals surface area contributed by atoms with E-state index in [1.54, 1.807) is 31.3 Å². The molecule has 0 aliphatic carbocycles. The van der Waals surface area contributed by atoms with E-state index in [0.29, 0.717) is 30.8 Å². The number of nitrogens with zero attached hydrogens (tertiary/aromatic N) is 1. The van der Waals surface area contributed by atoms with Gasteiger partial charge in [-0.3, -0.25) is 4.79 Å². The van der Waals surface area contributed by atoms with E-state index in [0.717, 1.165) is 0 Å². The summed E-state index contributed by atoms with van der Waals surface area (Å²) in [6.07, 6.45) is 0.861. The van der Waals surface area contributed by atoms with Crippen LogP contribution in [0.2, 0.25) is 0 Å². The van der Waals surface area contributed by atoms with Crippen LogP contribution < -0.4 is 11.1 Å². The Hall–Kier alpha value is -2.24. The third kappa shape index (κ3) is 5.29. The molecule has 0 fully saturated rings. The van der Waals surface area contributed by atoms with Gasteiger partial charge in [-0.25, -0.2) is 4.79 Å². The standard InChI is InChI=1S/C13H19N3O3/c1-16(8-4-7-12(17)19-2)13(18)15-11-6-3-5-10(14)9-11/h3,5-6,9H,4,7-8,14H2,1-2H3,(H,15,18). The Bertz CT molecular complexity index is 449. The number of nitrogen functional groups attached to an aromatic ring is 1. The number of nitrogens with one attached hydrogen (secondary N) is 1. The molecule has 0 aliphatic rings.